The third kappa shape index (κ3) is 5.10. The molecule has 0 aliphatic heterocycles. The second kappa shape index (κ2) is 9.25. The van der Waals surface area contributed by atoms with Crippen molar-refractivity contribution in [3.8, 4) is 0 Å². The van der Waals surface area contributed by atoms with E-state index < -0.39 is 5.97 Å². The lowest BCUT2D eigenvalue weighted by molar-refractivity contribution is -0.137. The normalized spacial score (nSPS) is 11.5. The van der Waals surface area contributed by atoms with Crippen LogP contribution in [0.15, 0.2) is 18.2 Å². The van der Waals surface area contributed by atoms with Gasteiger partial charge in [-0.05, 0) is 24.1 Å². The maximum atomic E-state index is 10.6. The first kappa shape index (κ1) is 19.0. The molecule has 2 rings (SSSR count). The van der Waals surface area contributed by atoms with Crippen molar-refractivity contribution in [2.24, 2.45) is 7.05 Å². The molecule has 5 nitrogen and oxygen atoms in total. The molecule has 1 aromatic heterocycles. The Morgan fingerprint density at radius 1 is 1.29 bits per heavy atom. The zero-order chi connectivity index (χ0) is 17.5. The van der Waals surface area contributed by atoms with E-state index in [0.717, 1.165) is 36.5 Å². The number of aromatic nitrogens is 2. The van der Waals surface area contributed by atoms with Crippen LogP contribution < -0.4 is 0 Å². The number of halogens is 2. The Balaban J connectivity index is 2.13. The lowest BCUT2D eigenvalue weighted by atomic mass is 10.2. The van der Waals surface area contributed by atoms with Gasteiger partial charge in [0.1, 0.15) is 5.82 Å². The van der Waals surface area contributed by atoms with Crippen LogP contribution in [0.5, 0.6) is 0 Å². The number of hydrogen-bond donors (Lipinski definition) is 1. The summed E-state index contributed by atoms with van der Waals surface area (Å²) in [7, 11) is 1.97. The van der Waals surface area contributed by atoms with Crippen LogP contribution in [-0.4, -0.2) is 50.4 Å². The molecule has 0 bridgehead atoms. The highest BCUT2D eigenvalue weighted by Crippen LogP contribution is 2.19. The third-order valence-electron chi connectivity index (χ3n) is 4.04. The van der Waals surface area contributed by atoms with Crippen molar-refractivity contribution in [1.82, 2.24) is 14.5 Å². The second-order valence-electron chi connectivity index (χ2n) is 5.81. The van der Waals surface area contributed by atoms with Gasteiger partial charge in [0.2, 0.25) is 0 Å². The summed E-state index contributed by atoms with van der Waals surface area (Å²) in [4.78, 5) is 17.5. The first-order valence-electron chi connectivity index (χ1n) is 8.05. The van der Waals surface area contributed by atoms with Gasteiger partial charge in [-0.3, -0.25) is 9.69 Å². The Hall–Kier alpha value is -1.30. The molecule has 1 heterocycles. The van der Waals surface area contributed by atoms with Crippen molar-refractivity contribution < 1.29 is 9.90 Å². The maximum absolute atomic E-state index is 10.6. The van der Waals surface area contributed by atoms with E-state index in [1.165, 1.54) is 5.56 Å². The highest BCUT2D eigenvalue weighted by molar-refractivity contribution is 6.18. The summed E-state index contributed by atoms with van der Waals surface area (Å²) in [6.45, 7) is 2.39. The molecule has 0 unspecified atom stereocenters. The number of imidazole rings is 1. The summed E-state index contributed by atoms with van der Waals surface area (Å²) in [5, 5.41) is 8.76. The predicted octanol–water partition coefficient (Wildman–Crippen LogP) is 3.26. The molecule has 0 spiro atoms. The molecular weight excluding hydrogens is 349 g/mol. The molecule has 24 heavy (non-hydrogen) atoms. The van der Waals surface area contributed by atoms with E-state index in [1.807, 2.05) is 11.6 Å². The van der Waals surface area contributed by atoms with Crippen LogP contribution in [-0.2, 0) is 24.8 Å². The maximum Gasteiger partial charge on any atom is 0.303 e. The van der Waals surface area contributed by atoms with Crippen LogP contribution in [0.25, 0.3) is 11.0 Å². The number of carbonyl (C=O) groups is 1. The van der Waals surface area contributed by atoms with E-state index >= 15 is 0 Å². The van der Waals surface area contributed by atoms with E-state index in [4.69, 9.17) is 28.3 Å². The zero-order valence-electron chi connectivity index (χ0n) is 13.8. The topological polar surface area (TPSA) is 58.4 Å². The highest BCUT2D eigenvalue weighted by atomic mass is 35.5. The second-order valence-corrected chi connectivity index (χ2v) is 6.57. The van der Waals surface area contributed by atoms with Gasteiger partial charge in [0, 0.05) is 51.3 Å². The fraction of sp³-hybridized carbons (Fsp3) is 0.529. The largest absolute Gasteiger partial charge is 0.481 e. The molecule has 0 aliphatic carbocycles. The Morgan fingerprint density at radius 3 is 2.62 bits per heavy atom. The number of nitrogens with zero attached hydrogens (tertiary/aromatic N) is 3. The minimum absolute atomic E-state index is 0.167. The van der Waals surface area contributed by atoms with Crippen molar-refractivity contribution >= 4 is 40.2 Å². The summed E-state index contributed by atoms with van der Waals surface area (Å²) in [5.41, 5.74) is 3.18. The standard InChI is InChI=1S/C17H23Cl2N3O2/c1-21-15-6-5-13(12-22(9-7-18)10-8-19)11-14(15)20-16(21)3-2-4-17(23)24/h5-6,11H,2-4,7-10,12H2,1H3,(H,23,24). The van der Waals surface area contributed by atoms with E-state index in [0.29, 0.717) is 24.6 Å². The number of carboxylic acid groups (broad SMARTS) is 1. The zero-order valence-corrected chi connectivity index (χ0v) is 15.4. The van der Waals surface area contributed by atoms with Crippen LogP contribution in [0.3, 0.4) is 0 Å². The van der Waals surface area contributed by atoms with Crippen molar-refractivity contribution in [3.63, 3.8) is 0 Å². The first-order valence-corrected chi connectivity index (χ1v) is 9.12. The van der Waals surface area contributed by atoms with Gasteiger partial charge in [0.15, 0.2) is 0 Å². The van der Waals surface area contributed by atoms with Gasteiger partial charge in [-0.25, -0.2) is 4.98 Å². The molecule has 132 valence electrons. The number of aryl methyl sites for hydroxylation is 2. The lowest BCUT2D eigenvalue weighted by Crippen LogP contribution is -2.27. The molecule has 0 saturated heterocycles. The number of hydrogen-bond acceptors (Lipinski definition) is 3. The van der Waals surface area contributed by atoms with E-state index in [-0.39, 0.29) is 6.42 Å². The molecule has 0 radical (unpaired) electrons. The van der Waals surface area contributed by atoms with Crippen molar-refractivity contribution in [2.45, 2.75) is 25.8 Å². The van der Waals surface area contributed by atoms with Crippen LogP contribution in [0.2, 0.25) is 0 Å². The molecule has 0 fully saturated rings. The molecule has 7 heteroatoms. The summed E-state index contributed by atoms with van der Waals surface area (Å²) >= 11 is 11.7. The molecule has 0 aliphatic rings. The monoisotopic (exact) mass is 371 g/mol. The number of aliphatic carboxylic acids is 1. The Bertz CT molecular complexity index is 682. The molecule has 1 aromatic carbocycles. The summed E-state index contributed by atoms with van der Waals surface area (Å²) < 4.78 is 2.04. The summed E-state index contributed by atoms with van der Waals surface area (Å²) in [5.74, 6) is 1.31. The SMILES string of the molecule is Cn1c(CCCC(=O)O)nc2cc(CN(CCCl)CCCl)ccc21. The molecule has 0 atom stereocenters. The van der Waals surface area contributed by atoms with Gasteiger partial charge < -0.3 is 9.67 Å². The molecule has 1 N–H and O–H groups in total. The van der Waals surface area contributed by atoms with Crippen molar-refractivity contribution in [3.05, 3.63) is 29.6 Å². The van der Waals surface area contributed by atoms with E-state index in [2.05, 4.69) is 28.1 Å². The lowest BCUT2D eigenvalue weighted by Gasteiger charge is -2.19. The number of benzene rings is 1. The van der Waals surface area contributed by atoms with Gasteiger partial charge in [-0.15, -0.1) is 23.2 Å². The predicted molar refractivity (Wildman–Crippen MR) is 98.0 cm³/mol. The average Bonchev–Trinajstić information content (AvgIpc) is 2.83. The fourth-order valence-electron chi connectivity index (χ4n) is 2.78. The minimum atomic E-state index is -0.769. The Morgan fingerprint density at radius 2 is 2.00 bits per heavy atom. The smallest absolute Gasteiger partial charge is 0.303 e. The van der Waals surface area contributed by atoms with Crippen LogP contribution in [0, 0.1) is 0 Å². The quantitative estimate of drug-likeness (QED) is 0.651. The number of alkyl halides is 2. The summed E-state index contributed by atoms with van der Waals surface area (Å²) in [6, 6.07) is 6.25. The average molecular weight is 372 g/mol. The van der Waals surface area contributed by atoms with E-state index in [1.54, 1.807) is 0 Å². The van der Waals surface area contributed by atoms with Crippen LogP contribution in [0.1, 0.15) is 24.2 Å². The Labute approximate surface area is 152 Å². The van der Waals surface area contributed by atoms with Gasteiger partial charge in [0.25, 0.3) is 0 Å². The molecule has 0 saturated carbocycles. The van der Waals surface area contributed by atoms with Crippen LogP contribution >= 0.6 is 23.2 Å². The minimum Gasteiger partial charge on any atom is -0.481 e. The molecular formula is C17H23Cl2N3O2. The van der Waals surface area contributed by atoms with Gasteiger partial charge in [-0.2, -0.15) is 0 Å². The van der Waals surface area contributed by atoms with Gasteiger partial charge >= 0.3 is 5.97 Å². The summed E-state index contributed by atoms with van der Waals surface area (Å²) in [6.07, 6.45) is 1.43. The number of carboxylic acids is 1. The van der Waals surface area contributed by atoms with Gasteiger partial charge in [-0.1, -0.05) is 6.07 Å². The third-order valence-corrected chi connectivity index (χ3v) is 4.37. The Kier molecular flexibility index (Phi) is 7.34. The van der Waals surface area contributed by atoms with Crippen molar-refractivity contribution in [1.29, 1.82) is 0 Å². The highest BCUT2D eigenvalue weighted by Gasteiger charge is 2.11. The van der Waals surface area contributed by atoms with E-state index in [9.17, 15) is 4.79 Å². The van der Waals surface area contributed by atoms with Gasteiger partial charge in [0.05, 0.1) is 11.0 Å². The molecule has 2 aromatic rings. The van der Waals surface area contributed by atoms with Crippen LogP contribution in [0.4, 0.5) is 0 Å². The fourth-order valence-corrected chi connectivity index (χ4v) is 3.26. The van der Waals surface area contributed by atoms with Crippen molar-refractivity contribution in [2.75, 3.05) is 24.8 Å². The molecule has 0 amide bonds. The first-order chi connectivity index (χ1) is 11.5. The number of fused-ring (bicyclic) bond motifs is 1. The number of rotatable bonds is 10.